The molecule has 1 aliphatic rings. The highest BCUT2D eigenvalue weighted by atomic mass is 32.2. The number of aryl methyl sites for hydroxylation is 2. The van der Waals surface area contributed by atoms with Gasteiger partial charge in [0.05, 0.1) is 17.9 Å². The third-order valence-corrected chi connectivity index (χ3v) is 6.07. The third-order valence-electron chi connectivity index (χ3n) is 4.79. The fourth-order valence-electron chi connectivity index (χ4n) is 3.41. The number of hydrogen-bond donors (Lipinski definition) is 1. The van der Waals surface area contributed by atoms with Crippen molar-refractivity contribution in [3.63, 3.8) is 0 Å². The molecular weight excluding hydrogens is 377 g/mol. The van der Waals surface area contributed by atoms with E-state index in [1.54, 1.807) is 24.5 Å². The van der Waals surface area contributed by atoms with Crippen LogP contribution in [0.1, 0.15) is 5.69 Å². The van der Waals surface area contributed by atoms with Crippen molar-refractivity contribution >= 4 is 11.2 Å². The first-order valence-corrected chi connectivity index (χ1v) is 10.2. The topological polar surface area (TPSA) is 82.5 Å². The van der Waals surface area contributed by atoms with E-state index in [0.717, 1.165) is 22.5 Å². The van der Waals surface area contributed by atoms with Gasteiger partial charge in [0.15, 0.2) is 0 Å². The third kappa shape index (κ3) is 2.81. The zero-order valence-corrected chi connectivity index (χ0v) is 15.8. The van der Waals surface area contributed by atoms with Crippen LogP contribution >= 0.6 is 0 Å². The first kappa shape index (κ1) is 17.2. The molecule has 28 heavy (non-hydrogen) atoms. The molecule has 5 rings (SSSR count). The van der Waals surface area contributed by atoms with Gasteiger partial charge in [-0.15, -0.1) is 0 Å². The van der Waals surface area contributed by atoms with E-state index in [1.165, 1.54) is 6.07 Å². The van der Waals surface area contributed by atoms with Gasteiger partial charge in [-0.3, -0.25) is 14.6 Å². The van der Waals surface area contributed by atoms with Crippen molar-refractivity contribution in [2.24, 2.45) is 0 Å². The molecule has 6 nitrogen and oxygen atoms in total. The van der Waals surface area contributed by atoms with Crippen molar-refractivity contribution in [2.45, 2.75) is 18.6 Å². The fourth-order valence-corrected chi connectivity index (χ4v) is 4.56. The number of nitrogens with one attached hydrogen (secondary N) is 1. The minimum atomic E-state index is -1.12. The summed E-state index contributed by atoms with van der Waals surface area (Å²) in [6.07, 6.45) is 3.54. The molecule has 0 saturated carbocycles. The highest BCUT2D eigenvalue weighted by Gasteiger charge is 2.28. The molecule has 0 bridgehead atoms. The summed E-state index contributed by atoms with van der Waals surface area (Å²) in [6.45, 7) is 2.56. The zero-order chi connectivity index (χ0) is 19.3. The van der Waals surface area contributed by atoms with Gasteiger partial charge in [-0.2, -0.15) is 10.1 Å². The lowest BCUT2D eigenvalue weighted by Gasteiger charge is -2.06. The summed E-state index contributed by atoms with van der Waals surface area (Å²) in [5, 5.41) is 7.73. The average molecular weight is 393 g/mol. The van der Waals surface area contributed by atoms with E-state index >= 15 is 0 Å². The molecule has 1 aromatic carbocycles. The second kappa shape index (κ2) is 6.57. The fraction of sp³-hybridized carbons (Fsp3) is 0.150. The minimum Gasteiger partial charge on any atom is -0.609 e. The molecule has 4 heterocycles. The molecule has 0 amide bonds. The number of nitrogens with zero attached hydrogens (tertiary/aromatic N) is 4. The number of aromatic amines is 1. The highest BCUT2D eigenvalue weighted by Crippen LogP contribution is 2.34. The Morgan fingerprint density at radius 3 is 2.86 bits per heavy atom. The Labute approximate surface area is 163 Å². The van der Waals surface area contributed by atoms with Crippen molar-refractivity contribution in [3.05, 3.63) is 60.3 Å². The number of pyridine rings is 1. The Morgan fingerprint density at radius 1 is 1.14 bits per heavy atom. The Morgan fingerprint density at radius 2 is 2.04 bits per heavy atom. The molecule has 0 saturated heterocycles. The van der Waals surface area contributed by atoms with Crippen LogP contribution in [-0.4, -0.2) is 35.0 Å². The maximum Gasteiger partial charge on any atom is 0.324 e. The van der Waals surface area contributed by atoms with Crippen LogP contribution in [0.2, 0.25) is 0 Å². The number of H-pyrrole nitrogens is 1. The number of benzene rings is 1. The Balaban J connectivity index is 1.60. The standard InChI is InChI=1S/C20H16FN5OS/c1-12-3-2-4-17(23-12)19-15(10-22-25-19)13-5-6-16(21)14(9-13)18-11-26-7-8-28(27)20(26)24-18/h2-6,9-11H,7-8H2,1H3,(H,22,25). The maximum atomic E-state index is 14.6. The summed E-state index contributed by atoms with van der Waals surface area (Å²) < 4.78 is 28.4. The summed E-state index contributed by atoms with van der Waals surface area (Å²) in [5.41, 5.74) is 4.84. The van der Waals surface area contributed by atoms with Crippen molar-refractivity contribution in [2.75, 3.05) is 5.75 Å². The summed E-state index contributed by atoms with van der Waals surface area (Å²) in [7, 11) is 0. The van der Waals surface area contributed by atoms with Gasteiger partial charge in [-0.05, 0) is 36.8 Å². The quantitative estimate of drug-likeness (QED) is 0.540. The lowest BCUT2D eigenvalue weighted by molar-refractivity contribution is 0.593. The summed E-state index contributed by atoms with van der Waals surface area (Å²) in [4.78, 5) is 8.94. The normalized spacial score (nSPS) is 15.8. The smallest absolute Gasteiger partial charge is 0.324 e. The van der Waals surface area contributed by atoms with Crippen molar-refractivity contribution in [1.82, 2.24) is 24.7 Å². The molecule has 8 heteroatoms. The van der Waals surface area contributed by atoms with Crippen LogP contribution in [0.15, 0.2) is 53.9 Å². The van der Waals surface area contributed by atoms with Gasteiger partial charge >= 0.3 is 5.16 Å². The van der Waals surface area contributed by atoms with Crippen molar-refractivity contribution < 1.29 is 8.94 Å². The monoisotopic (exact) mass is 393 g/mol. The molecular formula is C20H16FN5OS. The van der Waals surface area contributed by atoms with Crippen LogP contribution in [0.3, 0.4) is 0 Å². The molecule has 1 aliphatic heterocycles. The molecule has 0 spiro atoms. The molecule has 0 fully saturated rings. The second-order valence-electron chi connectivity index (χ2n) is 6.66. The summed E-state index contributed by atoms with van der Waals surface area (Å²) >= 11 is -1.12. The van der Waals surface area contributed by atoms with Gasteiger partial charge in [-0.25, -0.2) is 4.39 Å². The van der Waals surface area contributed by atoms with Crippen molar-refractivity contribution in [3.8, 4) is 33.8 Å². The van der Waals surface area contributed by atoms with Crippen LogP contribution in [0.25, 0.3) is 33.8 Å². The van der Waals surface area contributed by atoms with Crippen LogP contribution < -0.4 is 0 Å². The molecule has 4 aromatic rings. The highest BCUT2D eigenvalue weighted by molar-refractivity contribution is 7.91. The lowest BCUT2D eigenvalue weighted by Crippen LogP contribution is -2.00. The van der Waals surface area contributed by atoms with E-state index in [4.69, 9.17) is 0 Å². The second-order valence-corrected chi connectivity index (χ2v) is 8.12. The number of imidazole rings is 1. The Hall–Kier alpha value is -2.97. The van der Waals surface area contributed by atoms with Crippen LogP contribution in [-0.2, 0) is 17.7 Å². The van der Waals surface area contributed by atoms with E-state index in [2.05, 4.69) is 20.2 Å². The first-order valence-electron chi connectivity index (χ1n) is 8.84. The molecule has 1 N–H and O–H groups in total. The molecule has 1 unspecified atom stereocenters. The predicted molar refractivity (Wildman–Crippen MR) is 104 cm³/mol. The van der Waals surface area contributed by atoms with Crippen LogP contribution in [0.4, 0.5) is 4.39 Å². The first-order chi connectivity index (χ1) is 13.6. The zero-order valence-electron chi connectivity index (χ0n) is 15.0. The van der Waals surface area contributed by atoms with Crippen LogP contribution in [0.5, 0.6) is 0 Å². The lowest BCUT2D eigenvalue weighted by atomic mass is 10.0. The van der Waals surface area contributed by atoms with Gasteiger partial charge < -0.3 is 4.55 Å². The molecule has 1 atom stereocenters. The Bertz CT molecular complexity index is 1190. The molecule has 0 radical (unpaired) electrons. The number of aromatic nitrogens is 5. The van der Waals surface area contributed by atoms with E-state index in [0.29, 0.717) is 34.4 Å². The molecule has 0 aliphatic carbocycles. The number of hydrogen-bond acceptors (Lipinski definition) is 4. The van der Waals surface area contributed by atoms with Gasteiger partial charge in [-0.1, -0.05) is 12.1 Å². The van der Waals surface area contributed by atoms with Gasteiger partial charge in [0.2, 0.25) is 0 Å². The minimum absolute atomic E-state index is 0.370. The van der Waals surface area contributed by atoms with E-state index < -0.39 is 11.2 Å². The average Bonchev–Trinajstić information content (AvgIpc) is 3.40. The van der Waals surface area contributed by atoms with Gasteiger partial charge in [0.25, 0.3) is 0 Å². The molecule has 140 valence electrons. The predicted octanol–water partition coefficient (Wildman–Crippen LogP) is 3.57. The SMILES string of the molecule is Cc1cccc(-c2n[nH]cc2-c2ccc(F)c(-c3cn4c(n3)[S+]([O-])CC4)c2)n1. The van der Waals surface area contributed by atoms with Gasteiger partial charge in [0.1, 0.15) is 17.3 Å². The van der Waals surface area contributed by atoms with Gasteiger partial charge in [0, 0.05) is 40.4 Å². The summed E-state index contributed by atoms with van der Waals surface area (Å²) in [6, 6.07) is 10.6. The largest absolute Gasteiger partial charge is 0.609 e. The Kier molecular flexibility index (Phi) is 4.03. The number of fused-ring (bicyclic) bond motifs is 1. The summed E-state index contributed by atoms with van der Waals surface area (Å²) in [5.74, 6) is 0.192. The van der Waals surface area contributed by atoms with Crippen LogP contribution in [0, 0.1) is 12.7 Å². The maximum absolute atomic E-state index is 14.6. The van der Waals surface area contributed by atoms with Crippen molar-refractivity contribution in [1.29, 1.82) is 0 Å². The van der Waals surface area contributed by atoms with E-state index in [9.17, 15) is 8.94 Å². The van der Waals surface area contributed by atoms with E-state index in [-0.39, 0.29) is 5.82 Å². The number of halogens is 1. The molecule has 3 aromatic heterocycles. The number of rotatable bonds is 3. The van der Waals surface area contributed by atoms with E-state index in [1.807, 2.05) is 29.7 Å².